The van der Waals surface area contributed by atoms with E-state index in [-0.39, 0.29) is 4.90 Å². The van der Waals surface area contributed by atoms with Crippen LogP contribution in [0.5, 0.6) is 5.75 Å². The Morgan fingerprint density at radius 2 is 2.11 bits per heavy atom. The Morgan fingerprint density at radius 1 is 1.37 bits per heavy atom. The van der Waals surface area contributed by atoms with E-state index in [4.69, 9.17) is 14.6 Å². The fourth-order valence-corrected chi connectivity index (χ4v) is 3.00. The van der Waals surface area contributed by atoms with Crippen LogP contribution < -0.4 is 9.88 Å². The van der Waals surface area contributed by atoms with Gasteiger partial charge in [-0.2, -0.15) is 0 Å². The molecule has 1 unspecified atom stereocenters. The third-order valence-corrected chi connectivity index (χ3v) is 4.55. The van der Waals surface area contributed by atoms with Crippen molar-refractivity contribution in [3.05, 3.63) is 23.3 Å². The molecule has 1 aliphatic heterocycles. The van der Waals surface area contributed by atoms with Gasteiger partial charge in [0.25, 0.3) is 0 Å². The van der Waals surface area contributed by atoms with Crippen LogP contribution in [0.2, 0.25) is 0 Å². The summed E-state index contributed by atoms with van der Waals surface area (Å²) in [5.41, 5.74) is 1.45. The molecule has 0 spiro atoms. The van der Waals surface area contributed by atoms with Crippen LogP contribution in [-0.4, -0.2) is 28.2 Å². The van der Waals surface area contributed by atoms with Crippen molar-refractivity contribution in [2.75, 3.05) is 19.8 Å². The molecule has 1 heterocycles. The smallest absolute Gasteiger partial charge is 0.238 e. The maximum atomic E-state index is 11.4. The maximum absolute atomic E-state index is 11.4. The monoisotopic (exact) mass is 285 g/mol. The Morgan fingerprint density at radius 3 is 2.68 bits per heavy atom. The lowest BCUT2D eigenvalue weighted by atomic mass is 10.1. The number of nitrogens with two attached hydrogens (primary N) is 1. The molecule has 0 aromatic heterocycles. The number of sulfonamides is 1. The lowest BCUT2D eigenvalue weighted by Gasteiger charge is -2.15. The highest BCUT2D eigenvalue weighted by Crippen LogP contribution is 2.27. The molecule has 0 amide bonds. The first-order chi connectivity index (χ1) is 8.89. The van der Waals surface area contributed by atoms with Crippen LogP contribution in [0.25, 0.3) is 0 Å². The predicted octanol–water partition coefficient (Wildman–Crippen LogP) is 1.37. The largest absolute Gasteiger partial charge is 0.493 e. The number of benzene rings is 1. The van der Waals surface area contributed by atoms with E-state index >= 15 is 0 Å². The normalized spacial score (nSPS) is 19.6. The fourth-order valence-electron chi connectivity index (χ4n) is 2.16. The SMILES string of the molecule is Cc1c(OCC2CCOC2)ccc(S(N)(=O)=O)c1C. The van der Waals surface area contributed by atoms with Crippen molar-refractivity contribution < 1.29 is 17.9 Å². The molecule has 19 heavy (non-hydrogen) atoms. The predicted molar refractivity (Wildman–Crippen MR) is 71.7 cm³/mol. The van der Waals surface area contributed by atoms with Gasteiger partial charge in [-0.15, -0.1) is 0 Å². The Hall–Kier alpha value is -1.11. The second-order valence-corrected chi connectivity index (χ2v) is 6.43. The van der Waals surface area contributed by atoms with Gasteiger partial charge in [0.2, 0.25) is 10.0 Å². The van der Waals surface area contributed by atoms with E-state index in [2.05, 4.69) is 0 Å². The van der Waals surface area contributed by atoms with Gasteiger partial charge in [-0.05, 0) is 43.5 Å². The molecule has 1 aliphatic rings. The highest BCUT2D eigenvalue weighted by Gasteiger charge is 2.19. The van der Waals surface area contributed by atoms with E-state index in [0.717, 1.165) is 25.2 Å². The zero-order valence-corrected chi connectivity index (χ0v) is 12.0. The Labute approximate surface area is 113 Å². The van der Waals surface area contributed by atoms with Crippen LogP contribution >= 0.6 is 0 Å². The first-order valence-electron chi connectivity index (χ1n) is 6.23. The molecule has 1 fully saturated rings. The second-order valence-electron chi connectivity index (χ2n) is 4.90. The molecule has 1 saturated heterocycles. The Balaban J connectivity index is 2.16. The van der Waals surface area contributed by atoms with Crippen LogP contribution in [0.4, 0.5) is 0 Å². The summed E-state index contributed by atoms with van der Waals surface area (Å²) >= 11 is 0. The average Bonchev–Trinajstić information content (AvgIpc) is 2.82. The van der Waals surface area contributed by atoms with Crippen LogP contribution in [-0.2, 0) is 14.8 Å². The molecule has 6 heteroatoms. The molecule has 0 aliphatic carbocycles. The van der Waals surface area contributed by atoms with E-state index in [0.29, 0.717) is 23.8 Å². The number of rotatable bonds is 4. The van der Waals surface area contributed by atoms with Gasteiger partial charge in [0.05, 0.1) is 18.1 Å². The van der Waals surface area contributed by atoms with E-state index < -0.39 is 10.0 Å². The average molecular weight is 285 g/mol. The van der Waals surface area contributed by atoms with Crippen LogP contribution in [0, 0.1) is 19.8 Å². The van der Waals surface area contributed by atoms with Crippen LogP contribution in [0.15, 0.2) is 17.0 Å². The van der Waals surface area contributed by atoms with Gasteiger partial charge in [-0.3, -0.25) is 0 Å². The first kappa shape index (κ1) is 14.3. The molecule has 1 atom stereocenters. The highest BCUT2D eigenvalue weighted by molar-refractivity contribution is 7.89. The number of primary sulfonamides is 1. The van der Waals surface area contributed by atoms with E-state index in [1.54, 1.807) is 13.0 Å². The Kier molecular flexibility index (Phi) is 4.13. The third-order valence-electron chi connectivity index (χ3n) is 3.49. The molecule has 2 N–H and O–H groups in total. The number of hydrogen-bond donors (Lipinski definition) is 1. The van der Waals surface area contributed by atoms with Gasteiger partial charge in [-0.1, -0.05) is 0 Å². The van der Waals surface area contributed by atoms with E-state index in [9.17, 15) is 8.42 Å². The van der Waals surface area contributed by atoms with Crippen LogP contribution in [0.1, 0.15) is 17.5 Å². The molecule has 2 rings (SSSR count). The molecule has 0 saturated carbocycles. The molecule has 0 radical (unpaired) electrons. The number of ether oxygens (including phenoxy) is 2. The molecular weight excluding hydrogens is 266 g/mol. The summed E-state index contributed by atoms with van der Waals surface area (Å²) in [5, 5.41) is 5.16. The highest BCUT2D eigenvalue weighted by atomic mass is 32.2. The third kappa shape index (κ3) is 3.26. The molecule has 106 valence electrons. The molecule has 0 bridgehead atoms. The minimum Gasteiger partial charge on any atom is -0.493 e. The van der Waals surface area contributed by atoms with E-state index in [1.807, 2.05) is 6.92 Å². The lowest BCUT2D eigenvalue weighted by Crippen LogP contribution is -2.15. The van der Waals surface area contributed by atoms with Crippen molar-refractivity contribution in [3.8, 4) is 5.75 Å². The van der Waals surface area contributed by atoms with Crippen LogP contribution in [0.3, 0.4) is 0 Å². The molecule has 1 aromatic rings. The fraction of sp³-hybridized carbons (Fsp3) is 0.538. The lowest BCUT2D eigenvalue weighted by molar-refractivity contribution is 0.167. The van der Waals surface area contributed by atoms with Crippen molar-refractivity contribution >= 4 is 10.0 Å². The van der Waals surface area contributed by atoms with E-state index in [1.165, 1.54) is 6.07 Å². The van der Waals surface area contributed by atoms with Gasteiger partial charge in [0.1, 0.15) is 5.75 Å². The summed E-state index contributed by atoms with van der Waals surface area (Å²) in [6, 6.07) is 3.16. The van der Waals surface area contributed by atoms with Gasteiger partial charge >= 0.3 is 0 Å². The Bertz CT molecular complexity index is 562. The van der Waals surface area contributed by atoms with Crippen molar-refractivity contribution in [1.82, 2.24) is 0 Å². The van der Waals surface area contributed by atoms with Gasteiger partial charge in [0.15, 0.2) is 0 Å². The minimum atomic E-state index is -3.68. The van der Waals surface area contributed by atoms with Crippen molar-refractivity contribution in [2.45, 2.75) is 25.2 Å². The number of hydrogen-bond acceptors (Lipinski definition) is 4. The topological polar surface area (TPSA) is 78.6 Å². The van der Waals surface area contributed by atoms with Crippen molar-refractivity contribution in [1.29, 1.82) is 0 Å². The van der Waals surface area contributed by atoms with Gasteiger partial charge < -0.3 is 9.47 Å². The standard InChI is InChI=1S/C13H19NO4S/c1-9-10(2)13(19(14,15)16)4-3-12(9)18-8-11-5-6-17-7-11/h3-4,11H,5-8H2,1-2H3,(H2,14,15,16). The minimum absolute atomic E-state index is 0.154. The van der Waals surface area contributed by atoms with Crippen molar-refractivity contribution in [2.24, 2.45) is 11.1 Å². The molecule has 1 aromatic carbocycles. The summed E-state index contributed by atoms with van der Waals surface area (Å²) in [5.74, 6) is 1.12. The molecule has 5 nitrogen and oxygen atoms in total. The zero-order chi connectivity index (χ0) is 14.0. The van der Waals surface area contributed by atoms with Crippen molar-refractivity contribution in [3.63, 3.8) is 0 Å². The van der Waals surface area contributed by atoms with Gasteiger partial charge in [-0.25, -0.2) is 13.6 Å². The summed E-state index contributed by atoms with van der Waals surface area (Å²) in [6.45, 7) is 5.68. The molecular formula is C13H19NO4S. The second kappa shape index (κ2) is 5.48. The summed E-state index contributed by atoms with van der Waals surface area (Å²) in [6.07, 6.45) is 1.01. The first-order valence-corrected chi connectivity index (χ1v) is 7.78. The quantitative estimate of drug-likeness (QED) is 0.906. The maximum Gasteiger partial charge on any atom is 0.238 e. The van der Waals surface area contributed by atoms with Gasteiger partial charge in [0, 0.05) is 12.5 Å². The summed E-state index contributed by atoms with van der Waals surface area (Å²) in [7, 11) is -3.68. The summed E-state index contributed by atoms with van der Waals surface area (Å²) < 4.78 is 33.9. The summed E-state index contributed by atoms with van der Waals surface area (Å²) in [4.78, 5) is 0.154. The zero-order valence-electron chi connectivity index (χ0n) is 11.2.